The number of hydrogen-bond acceptors (Lipinski definition) is 5. The lowest BCUT2D eigenvalue weighted by molar-refractivity contribution is 0.0256. The maximum absolute atomic E-state index is 15.1. The number of benzene rings is 1. The topological polar surface area (TPSA) is 56.1 Å². The Balaban J connectivity index is 1.68. The molecule has 1 aromatic carbocycles. The average Bonchev–Trinajstić information content (AvgIpc) is 3.40. The second kappa shape index (κ2) is 9.98. The van der Waals surface area contributed by atoms with E-state index in [1.807, 2.05) is 4.57 Å². The molecule has 0 unspecified atom stereocenters. The fourth-order valence-electron chi connectivity index (χ4n) is 4.49. The molecule has 0 atom stereocenters. The van der Waals surface area contributed by atoms with Crippen molar-refractivity contribution in [3.63, 3.8) is 0 Å². The number of imidazole rings is 1. The molecule has 1 fully saturated rings. The van der Waals surface area contributed by atoms with Crippen molar-refractivity contribution in [2.75, 3.05) is 49.1 Å². The molecule has 1 saturated heterocycles. The van der Waals surface area contributed by atoms with E-state index in [9.17, 15) is 8.78 Å². The molecule has 4 aromatic rings. The third kappa shape index (κ3) is 5.45. The van der Waals surface area contributed by atoms with Crippen molar-refractivity contribution < 1.29 is 17.9 Å². The van der Waals surface area contributed by atoms with Crippen molar-refractivity contribution in [3.05, 3.63) is 60.8 Å². The monoisotopic (exact) mass is 529 g/mol. The SMILES string of the molecule is CS(C)(C)CCOCn1c(-c2c(-c3ccccc3F)ccnc2N2CCC(F)(F)C2)nc2ccncc21. The van der Waals surface area contributed by atoms with Crippen LogP contribution < -0.4 is 4.90 Å². The van der Waals surface area contributed by atoms with Crippen molar-refractivity contribution in [2.24, 2.45) is 0 Å². The van der Waals surface area contributed by atoms with Gasteiger partial charge in [0.15, 0.2) is 0 Å². The zero-order valence-electron chi connectivity index (χ0n) is 21.1. The number of anilines is 1. The van der Waals surface area contributed by atoms with Crippen LogP contribution in [0.3, 0.4) is 0 Å². The summed E-state index contributed by atoms with van der Waals surface area (Å²) in [6.45, 7) is 0.436. The highest BCUT2D eigenvalue weighted by Crippen LogP contribution is 2.42. The lowest BCUT2D eigenvalue weighted by Gasteiger charge is -2.25. The summed E-state index contributed by atoms with van der Waals surface area (Å²) in [6.07, 6.45) is 11.3. The maximum Gasteiger partial charge on any atom is 0.266 e. The van der Waals surface area contributed by atoms with E-state index in [2.05, 4.69) is 28.7 Å². The van der Waals surface area contributed by atoms with Crippen LogP contribution in [0.5, 0.6) is 0 Å². The van der Waals surface area contributed by atoms with Gasteiger partial charge in [-0.2, -0.15) is 0 Å². The summed E-state index contributed by atoms with van der Waals surface area (Å²) in [5.41, 5.74) is 2.78. The highest BCUT2D eigenvalue weighted by Gasteiger charge is 2.40. The summed E-state index contributed by atoms with van der Waals surface area (Å²) in [5, 5.41) is 0. The van der Waals surface area contributed by atoms with Gasteiger partial charge in [-0.3, -0.25) is 9.55 Å². The molecule has 0 radical (unpaired) electrons. The molecule has 6 nitrogen and oxygen atoms in total. The van der Waals surface area contributed by atoms with Gasteiger partial charge < -0.3 is 9.64 Å². The number of nitrogens with zero attached hydrogens (tertiary/aromatic N) is 5. The highest BCUT2D eigenvalue weighted by atomic mass is 32.3. The van der Waals surface area contributed by atoms with Crippen LogP contribution in [0, 0.1) is 5.82 Å². The standard InChI is InChI=1S/C27H30F3N5OS/c1-37(2,3)15-14-36-18-35-23-16-31-11-9-22(23)33-26(35)24-20(19-6-4-5-7-21(19)28)8-12-32-25(24)34-13-10-27(29,30)17-34/h4-9,11-12,16H,10,13-15,17-18H2,1-3H3. The number of ether oxygens (including phenoxy) is 1. The molecule has 3 aromatic heterocycles. The van der Waals surface area contributed by atoms with Crippen LogP contribution in [0.2, 0.25) is 0 Å². The van der Waals surface area contributed by atoms with Crippen LogP contribution in [-0.2, 0) is 11.5 Å². The Kier molecular flexibility index (Phi) is 6.89. The molecule has 0 aliphatic carbocycles. The first-order valence-electron chi connectivity index (χ1n) is 12.0. The molecule has 196 valence electrons. The van der Waals surface area contributed by atoms with Crippen molar-refractivity contribution >= 4 is 26.9 Å². The molecule has 10 heteroatoms. The van der Waals surface area contributed by atoms with Crippen molar-refractivity contribution in [1.29, 1.82) is 0 Å². The second-order valence-corrected chi connectivity index (χ2v) is 14.7. The number of pyridine rings is 2. The largest absolute Gasteiger partial charge is 0.360 e. The lowest BCUT2D eigenvalue weighted by Crippen LogP contribution is -2.26. The van der Waals surface area contributed by atoms with E-state index in [4.69, 9.17) is 9.72 Å². The molecular weight excluding hydrogens is 499 g/mol. The van der Waals surface area contributed by atoms with E-state index in [1.165, 1.54) is 12.3 Å². The summed E-state index contributed by atoms with van der Waals surface area (Å²) in [4.78, 5) is 15.2. The summed E-state index contributed by atoms with van der Waals surface area (Å²) in [5.74, 6) is -1.48. The second-order valence-electron chi connectivity index (χ2n) is 10.1. The number of alkyl halides is 2. The van der Waals surface area contributed by atoms with Gasteiger partial charge in [-0.05, 0) is 37.0 Å². The molecule has 0 saturated carbocycles. The Bertz CT molecular complexity index is 1420. The molecule has 0 amide bonds. The van der Waals surface area contributed by atoms with Gasteiger partial charge in [0.05, 0.1) is 35.9 Å². The predicted octanol–water partition coefficient (Wildman–Crippen LogP) is 5.81. The number of rotatable bonds is 8. The van der Waals surface area contributed by atoms with Crippen molar-refractivity contribution in [3.8, 4) is 22.5 Å². The Labute approximate surface area is 215 Å². The Hall–Kier alpha value is -3.11. The first-order chi connectivity index (χ1) is 17.6. The van der Waals surface area contributed by atoms with Gasteiger partial charge in [-0.25, -0.2) is 33.2 Å². The van der Waals surface area contributed by atoms with Crippen LogP contribution >= 0.6 is 10.0 Å². The third-order valence-corrected chi connectivity index (χ3v) is 7.79. The third-order valence-electron chi connectivity index (χ3n) is 6.40. The zero-order chi connectivity index (χ0) is 26.2. The van der Waals surface area contributed by atoms with Gasteiger partial charge >= 0.3 is 0 Å². The van der Waals surface area contributed by atoms with E-state index in [1.54, 1.807) is 47.6 Å². The lowest BCUT2D eigenvalue weighted by atomic mass is 9.99. The Morgan fingerprint density at radius 3 is 2.59 bits per heavy atom. The van der Waals surface area contributed by atoms with Crippen LogP contribution in [0.4, 0.5) is 19.0 Å². The number of hydrogen-bond donors (Lipinski definition) is 0. The van der Waals surface area contributed by atoms with Crippen LogP contribution in [-0.4, -0.2) is 69.7 Å². The first kappa shape index (κ1) is 25.5. The molecule has 37 heavy (non-hydrogen) atoms. The van der Waals surface area contributed by atoms with Gasteiger partial charge in [0.25, 0.3) is 5.92 Å². The summed E-state index contributed by atoms with van der Waals surface area (Å²) in [7, 11) is -0.738. The fourth-order valence-corrected chi connectivity index (χ4v) is 5.11. The van der Waals surface area contributed by atoms with Gasteiger partial charge in [0.2, 0.25) is 0 Å². The van der Waals surface area contributed by atoms with Crippen molar-refractivity contribution in [2.45, 2.75) is 19.1 Å². The number of halogens is 3. The first-order valence-corrected chi connectivity index (χ1v) is 15.1. The molecule has 0 bridgehead atoms. The number of aromatic nitrogens is 4. The van der Waals surface area contributed by atoms with E-state index >= 15 is 4.39 Å². The Morgan fingerprint density at radius 2 is 1.86 bits per heavy atom. The minimum atomic E-state index is -2.82. The quantitative estimate of drug-likeness (QED) is 0.270. The van der Waals surface area contributed by atoms with Crippen LogP contribution in [0.1, 0.15) is 6.42 Å². The number of fused-ring (bicyclic) bond motifs is 1. The molecule has 0 N–H and O–H groups in total. The summed E-state index contributed by atoms with van der Waals surface area (Å²) in [6, 6.07) is 9.92. The summed E-state index contributed by atoms with van der Waals surface area (Å²) < 4.78 is 51.6. The zero-order valence-corrected chi connectivity index (χ0v) is 21.9. The van der Waals surface area contributed by atoms with E-state index in [0.29, 0.717) is 40.5 Å². The van der Waals surface area contributed by atoms with Crippen molar-refractivity contribution in [1.82, 2.24) is 19.5 Å². The van der Waals surface area contributed by atoms with Gasteiger partial charge in [-0.1, -0.05) is 18.2 Å². The van der Waals surface area contributed by atoms with E-state index in [0.717, 1.165) is 11.3 Å². The average molecular weight is 530 g/mol. The van der Waals surface area contributed by atoms with Gasteiger partial charge in [0, 0.05) is 42.2 Å². The fraction of sp³-hybridized carbons (Fsp3) is 0.370. The Morgan fingerprint density at radius 1 is 1.05 bits per heavy atom. The molecule has 1 aliphatic heterocycles. The predicted molar refractivity (Wildman–Crippen MR) is 144 cm³/mol. The van der Waals surface area contributed by atoms with E-state index in [-0.39, 0.29) is 19.7 Å². The van der Waals surface area contributed by atoms with Gasteiger partial charge in [0.1, 0.15) is 24.2 Å². The van der Waals surface area contributed by atoms with Gasteiger partial charge in [-0.15, -0.1) is 0 Å². The molecule has 5 rings (SSSR count). The molecular formula is C27H30F3N5OS. The van der Waals surface area contributed by atoms with Crippen LogP contribution in [0.15, 0.2) is 55.0 Å². The maximum atomic E-state index is 15.1. The molecule has 1 aliphatic rings. The molecule has 4 heterocycles. The summed E-state index contributed by atoms with van der Waals surface area (Å²) >= 11 is 0. The normalized spacial score (nSPS) is 16.0. The smallest absolute Gasteiger partial charge is 0.266 e. The molecule has 0 spiro atoms. The van der Waals surface area contributed by atoms with Crippen LogP contribution in [0.25, 0.3) is 33.5 Å². The van der Waals surface area contributed by atoms with E-state index < -0.39 is 28.3 Å². The minimum absolute atomic E-state index is 0.139. The highest BCUT2D eigenvalue weighted by molar-refractivity contribution is 8.32. The minimum Gasteiger partial charge on any atom is -0.360 e.